The minimum absolute atomic E-state index is 0.0193. The molecule has 0 fully saturated rings. The van der Waals surface area contributed by atoms with Crippen LogP contribution in [0.2, 0.25) is 0 Å². The van der Waals surface area contributed by atoms with Crippen LogP contribution < -0.4 is 5.32 Å². The molecule has 0 atom stereocenters. The molecule has 1 aromatic carbocycles. The summed E-state index contributed by atoms with van der Waals surface area (Å²) < 4.78 is 0. The maximum absolute atomic E-state index is 11.3. The van der Waals surface area contributed by atoms with Crippen LogP contribution in [0.25, 0.3) is 12.2 Å². The van der Waals surface area contributed by atoms with Crippen molar-refractivity contribution in [2.75, 3.05) is 5.32 Å². The van der Waals surface area contributed by atoms with Crippen molar-refractivity contribution < 1.29 is 4.79 Å². The van der Waals surface area contributed by atoms with Crippen LogP contribution in [0.1, 0.15) is 24.6 Å². The highest BCUT2D eigenvalue weighted by atomic mass is 16.1. The normalized spacial score (nSPS) is 10.6. The van der Waals surface area contributed by atoms with E-state index in [-0.39, 0.29) is 5.91 Å². The lowest BCUT2D eigenvalue weighted by atomic mass is 10.1. The number of hydrogen-bond donors (Lipinski definition) is 1. The first-order valence-electron chi connectivity index (χ1n) is 6.27. The lowest BCUT2D eigenvalue weighted by molar-refractivity contribution is -0.115. The van der Waals surface area contributed by atoms with Crippen LogP contribution in [0, 0.1) is 0 Å². The van der Waals surface area contributed by atoms with Gasteiger partial charge in [-0.15, -0.1) is 0 Å². The van der Waals surface area contributed by atoms with Gasteiger partial charge in [0, 0.05) is 18.3 Å². The van der Waals surface area contributed by atoms with Crippen molar-refractivity contribution in [3.05, 3.63) is 59.9 Å². The van der Waals surface area contributed by atoms with Crippen LogP contribution in [-0.2, 0) is 4.79 Å². The van der Waals surface area contributed by atoms with Gasteiger partial charge in [-0.25, -0.2) is 0 Å². The fourth-order valence-electron chi connectivity index (χ4n) is 1.63. The number of rotatable bonds is 4. The number of aromatic nitrogens is 1. The Morgan fingerprint density at radius 1 is 1.21 bits per heavy atom. The molecule has 2 aromatic rings. The quantitative estimate of drug-likeness (QED) is 0.903. The van der Waals surface area contributed by atoms with E-state index in [4.69, 9.17) is 0 Å². The fourth-order valence-corrected chi connectivity index (χ4v) is 1.63. The monoisotopic (exact) mass is 252 g/mol. The van der Waals surface area contributed by atoms with Crippen LogP contribution in [0.3, 0.4) is 0 Å². The third-order valence-electron chi connectivity index (χ3n) is 2.63. The van der Waals surface area contributed by atoms with Crippen LogP contribution in [0.5, 0.6) is 0 Å². The van der Waals surface area contributed by atoms with E-state index in [1.165, 1.54) is 0 Å². The first-order valence-corrected chi connectivity index (χ1v) is 6.27. The number of nitrogens with zero attached hydrogens (tertiary/aromatic N) is 1. The van der Waals surface area contributed by atoms with Crippen LogP contribution in [0.15, 0.2) is 48.7 Å². The Morgan fingerprint density at radius 2 is 2.11 bits per heavy atom. The molecule has 19 heavy (non-hydrogen) atoms. The van der Waals surface area contributed by atoms with Crippen molar-refractivity contribution in [2.45, 2.75) is 13.3 Å². The summed E-state index contributed by atoms with van der Waals surface area (Å²) in [5.74, 6) is 0.0193. The van der Waals surface area contributed by atoms with E-state index in [2.05, 4.69) is 10.3 Å². The van der Waals surface area contributed by atoms with Gasteiger partial charge in [-0.2, -0.15) is 0 Å². The third kappa shape index (κ3) is 4.07. The van der Waals surface area contributed by atoms with Crippen molar-refractivity contribution in [2.24, 2.45) is 0 Å². The highest BCUT2D eigenvalue weighted by Gasteiger charge is 1.98. The van der Waals surface area contributed by atoms with Crippen molar-refractivity contribution in [1.29, 1.82) is 0 Å². The summed E-state index contributed by atoms with van der Waals surface area (Å²) in [6.07, 6.45) is 6.16. The van der Waals surface area contributed by atoms with Gasteiger partial charge in [0.25, 0.3) is 0 Å². The van der Waals surface area contributed by atoms with Gasteiger partial charge in [-0.1, -0.05) is 31.2 Å². The van der Waals surface area contributed by atoms with E-state index in [1.54, 1.807) is 6.20 Å². The van der Waals surface area contributed by atoms with Gasteiger partial charge in [0.15, 0.2) is 0 Å². The Balaban J connectivity index is 2.11. The highest BCUT2D eigenvalue weighted by Crippen LogP contribution is 2.13. The molecule has 0 aliphatic carbocycles. The summed E-state index contributed by atoms with van der Waals surface area (Å²) in [5.41, 5.74) is 2.75. The zero-order chi connectivity index (χ0) is 13.5. The Hall–Kier alpha value is -2.42. The van der Waals surface area contributed by atoms with E-state index in [0.29, 0.717) is 6.42 Å². The predicted molar refractivity (Wildman–Crippen MR) is 78.5 cm³/mol. The summed E-state index contributed by atoms with van der Waals surface area (Å²) in [7, 11) is 0. The summed E-state index contributed by atoms with van der Waals surface area (Å²) in [6, 6.07) is 13.5. The van der Waals surface area contributed by atoms with Crippen molar-refractivity contribution >= 4 is 23.7 Å². The SMILES string of the molecule is CCC(=O)Nc1cccc(C=Cc2ccccn2)c1. The largest absolute Gasteiger partial charge is 0.326 e. The van der Waals surface area contributed by atoms with E-state index in [9.17, 15) is 4.79 Å². The summed E-state index contributed by atoms with van der Waals surface area (Å²) in [5, 5.41) is 2.84. The molecule has 0 bridgehead atoms. The number of hydrogen-bond acceptors (Lipinski definition) is 2. The lowest BCUT2D eigenvalue weighted by Crippen LogP contribution is -2.09. The van der Waals surface area contributed by atoms with E-state index in [0.717, 1.165) is 16.9 Å². The maximum Gasteiger partial charge on any atom is 0.224 e. The number of pyridine rings is 1. The first kappa shape index (κ1) is 13.0. The molecule has 1 amide bonds. The molecule has 1 N–H and O–H groups in total. The Bertz CT molecular complexity index is 576. The van der Waals surface area contributed by atoms with Gasteiger partial charge in [0.05, 0.1) is 5.69 Å². The van der Waals surface area contributed by atoms with Gasteiger partial charge in [0.2, 0.25) is 5.91 Å². The molecule has 1 aromatic heterocycles. The van der Waals surface area contributed by atoms with Gasteiger partial charge < -0.3 is 5.32 Å². The smallest absolute Gasteiger partial charge is 0.224 e. The zero-order valence-corrected chi connectivity index (χ0v) is 10.8. The molecule has 2 rings (SSSR count). The standard InChI is InChI=1S/C16H16N2O/c1-2-16(19)18-15-8-5-6-13(12-15)9-10-14-7-3-4-11-17-14/h3-12H,2H2,1H3,(H,18,19). The minimum Gasteiger partial charge on any atom is -0.326 e. The molecule has 0 spiro atoms. The summed E-state index contributed by atoms with van der Waals surface area (Å²) in [6.45, 7) is 1.83. The molecule has 0 aliphatic heterocycles. The second kappa shape index (κ2) is 6.50. The molecule has 3 nitrogen and oxygen atoms in total. The number of carbonyl (C=O) groups excluding carboxylic acids is 1. The van der Waals surface area contributed by atoms with Crippen molar-refractivity contribution in [3.63, 3.8) is 0 Å². The molecule has 0 saturated heterocycles. The number of anilines is 1. The fraction of sp³-hybridized carbons (Fsp3) is 0.125. The molecule has 0 unspecified atom stereocenters. The molecule has 0 radical (unpaired) electrons. The highest BCUT2D eigenvalue weighted by molar-refractivity contribution is 5.90. The van der Waals surface area contributed by atoms with E-state index < -0.39 is 0 Å². The summed E-state index contributed by atoms with van der Waals surface area (Å²) in [4.78, 5) is 15.6. The van der Waals surface area contributed by atoms with E-state index in [1.807, 2.05) is 61.5 Å². The number of benzene rings is 1. The van der Waals surface area contributed by atoms with Crippen LogP contribution in [-0.4, -0.2) is 10.9 Å². The Kier molecular flexibility index (Phi) is 4.45. The molecular formula is C16H16N2O. The number of amides is 1. The first-order chi connectivity index (χ1) is 9.28. The third-order valence-corrected chi connectivity index (χ3v) is 2.63. The molecule has 0 saturated carbocycles. The Morgan fingerprint density at radius 3 is 2.84 bits per heavy atom. The average molecular weight is 252 g/mol. The summed E-state index contributed by atoms with van der Waals surface area (Å²) >= 11 is 0. The molecular weight excluding hydrogens is 236 g/mol. The molecule has 3 heteroatoms. The second-order valence-corrected chi connectivity index (χ2v) is 4.12. The molecule has 96 valence electrons. The van der Waals surface area contributed by atoms with Crippen LogP contribution >= 0.6 is 0 Å². The molecule has 1 heterocycles. The Labute approximate surface area is 113 Å². The predicted octanol–water partition coefficient (Wildman–Crippen LogP) is 3.60. The maximum atomic E-state index is 11.3. The van der Waals surface area contributed by atoms with Gasteiger partial charge in [-0.05, 0) is 35.9 Å². The zero-order valence-electron chi connectivity index (χ0n) is 10.8. The van der Waals surface area contributed by atoms with Crippen molar-refractivity contribution in [1.82, 2.24) is 4.98 Å². The van der Waals surface area contributed by atoms with E-state index >= 15 is 0 Å². The topological polar surface area (TPSA) is 42.0 Å². The number of carbonyl (C=O) groups is 1. The van der Waals surface area contributed by atoms with Gasteiger partial charge >= 0.3 is 0 Å². The lowest BCUT2D eigenvalue weighted by Gasteiger charge is -2.04. The van der Waals surface area contributed by atoms with Gasteiger partial charge in [-0.3, -0.25) is 9.78 Å². The minimum atomic E-state index is 0.0193. The average Bonchev–Trinajstić information content (AvgIpc) is 2.46. The van der Waals surface area contributed by atoms with Gasteiger partial charge in [0.1, 0.15) is 0 Å². The van der Waals surface area contributed by atoms with Crippen molar-refractivity contribution in [3.8, 4) is 0 Å². The second-order valence-electron chi connectivity index (χ2n) is 4.12. The molecule has 0 aliphatic rings. The van der Waals surface area contributed by atoms with Crippen LogP contribution in [0.4, 0.5) is 5.69 Å². The number of nitrogens with one attached hydrogen (secondary N) is 1.